The highest BCUT2D eigenvalue weighted by molar-refractivity contribution is 5.87. The van der Waals surface area contributed by atoms with Crippen LogP contribution in [-0.2, 0) is 0 Å². The SMILES string of the molecule is N=C1CN2CCC1CC2. The van der Waals surface area contributed by atoms with Crippen LogP contribution in [0.15, 0.2) is 0 Å². The van der Waals surface area contributed by atoms with Crippen LogP contribution in [0, 0.1) is 11.3 Å². The number of rotatable bonds is 0. The molecule has 0 aromatic carbocycles. The van der Waals surface area contributed by atoms with Crippen molar-refractivity contribution in [2.24, 2.45) is 5.92 Å². The molecule has 50 valence electrons. The Kier molecular flexibility index (Phi) is 1.09. The van der Waals surface area contributed by atoms with Gasteiger partial charge in [0.2, 0.25) is 0 Å². The monoisotopic (exact) mass is 124 g/mol. The zero-order valence-electron chi connectivity index (χ0n) is 5.56. The minimum absolute atomic E-state index is 0.662. The average Bonchev–Trinajstić information content (AvgIpc) is 1.90. The van der Waals surface area contributed by atoms with E-state index in [1.54, 1.807) is 0 Å². The molecule has 0 spiro atoms. The van der Waals surface area contributed by atoms with E-state index in [1.807, 2.05) is 0 Å². The molecule has 3 rings (SSSR count). The third-order valence-electron chi connectivity index (χ3n) is 2.47. The first kappa shape index (κ1) is 5.42. The Balaban J connectivity index is 2.15. The first-order valence-electron chi connectivity index (χ1n) is 3.66. The molecule has 0 atom stereocenters. The van der Waals surface area contributed by atoms with Crippen LogP contribution in [-0.4, -0.2) is 30.2 Å². The second-order valence-corrected chi connectivity index (χ2v) is 3.08. The van der Waals surface area contributed by atoms with Gasteiger partial charge in [0.05, 0.1) is 0 Å². The van der Waals surface area contributed by atoms with Crippen molar-refractivity contribution in [2.75, 3.05) is 19.6 Å². The number of piperidine rings is 3. The zero-order valence-corrected chi connectivity index (χ0v) is 5.56. The van der Waals surface area contributed by atoms with Gasteiger partial charge in [-0.3, -0.25) is 4.90 Å². The van der Waals surface area contributed by atoms with E-state index in [9.17, 15) is 0 Å². The normalized spacial score (nSPS) is 41.6. The van der Waals surface area contributed by atoms with E-state index in [1.165, 1.54) is 25.9 Å². The molecule has 0 aliphatic carbocycles. The molecule has 3 aliphatic rings. The molecule has 3 saturated heterocycles. The molecule has 3 fully saturated rings. The maximum Gasteiger partial charge on any atom is 0.0363 e. The van der Waals surface area contributed by atoms with Gasteiger partial charge in [0.25, 0.3) is 0 Å². The Hall–Kier alpha value is -0.370. The third-order valence-corrected chi connectivity index (χ3v) is 2.47. The first-order valence-corrected chi connectivity index (χ1v) is 3.66. The van der Waals surface area contributed by atoms with Crippen molar-refractivity contribution >= 4 is 5.71 Å². The van der Waals surface area contributed by atoms with Gasteiger partial charge < -0.3 is 5.41 Å². The summed E-state index contributed by atoms with van der Waals surface area (Å²) in [6.45, 7) is 3.45. The van der Waals surface area contributed by atoms with Gasteiger partial charge in [0.15, 0.2) is 0 Å². The fourth-order valence-electron chi connectivity index (χ4n) is 1.81. The van der Waals surface area contributed by atoms with Gasteiger partial charge >= 0.3 is 0 Å². The summed E-state index contributed by atoms with van der Waals surface area (Å²) in [6, 6.07) is 0. The van der Waals surface area contributed by atoms with Gasteiger partial charge in [-0.25, -0.2) is 0 Å². The van der Waals surface area contributed by atoms with E-state index in [-0.39, 0.29) is 0 Å². The number of nitrogens with zero attached hydrogens (tertiary/aromatic N) is 1. The van der Waals surface area contributed by atoms with E-state index in [0.717, 1.165) is 12.3 Å². The van der Waals surface area contributed by atoms with E-state index >= 15 is 0 Å². The lowest BCUT2D eigenvalue weighted by Crippen LogP contribution is -2.47. The molecule has 0 unspecified atom stereocenters. The molecule has 3 heterocycles. The molecular formula is C7H12N2. The summed E-state index contributed by atoms with van der Waals surface area (Å²) >= 11 is 0. The summed E-state index contributed by atoms with van der Waals surface area (Å²) in [6.07, 6.45) is 2.50. The van der Waals surface area contributed by atoms with Crippen molar-refractivity contribution in [3.63, 3.8) is 0 Å². The van der Waals surface area contributed by atoms with Crippen LogP contribution < -0.4 is 0 Å². The minimum atomic E-state index is 0.662. The predicted molar refractivity (Wildman–Crippen MR) is 36.9 cm³/mol. The van der Waals surface area contributed by atoms with Crippen LogP contribution in [0.3, 0.4) is 0 Å². The van der Waals surface area contributed by atoms with Crippen molar-refractivity contribution in [2.45, 2.75) is 12.8 Å². The zero-order chi connectivity index (χ0) is 6.27. The summed E-state index contributed by atoms with van der Waals surface area (Å²) < 4.78 is 0. The number of nitrogens with one attached hydrogen (secondary N) is 1. The summed E-state index contributed by atoms with van der Waals surface area (Å²) in [5, 5.41) is 7.53. The fourth-order valence-corrected chi connectivity index (χ4v) is 1.81. The summed E-state index contributed by atoms with van der Waals surface area (Å²) in [5.74, 6) is 0.662. The van der Waals surface area contributed by atoms with Gasteiger partial charge in [0.1, 0.15) is 0 Å². The lowest BCUT2D eigenvalue weighted by atomic mass is 9.87. The molecule has 1 N–H and O–H groups in total. The van der Waals surface area contributed by atoms with Gasteiger partial charge in [-0.2, -0.15) is 0 Å². The second-order valence-electron chi connectivity index (χ2n) is 3.08. The first-order chi connectivity index (χ1) is 4.36. The topological polar surface area (TPSA) is 27.1 Å². The van der Waals surface area contributed by atoms with Crippen molar-refractivity contribution in [3.8, 4) is 0 Å². The maximum absolute atomic E-state index is 7.53. The molecule has 2 nitrogen and oxygen atoms in total. The van der Waals surface area contributed by atoms with Gasteiger partial charge in [-0.05, 0) is 25.9 Å². The van der Waals surface area contributed by atoms with E-state index in [2.05, 4.69) is 4.90 Å². The van der Waals surface area contributed by atoms with Crippen molar-refractivity contribution in [3.05, 3.63) is 0 Å². The van der Waals surface area contributed by atoms with Crippen LogP contribution in [0.25, 0.3) is 0 Å². The molecule has 2 heteroatoms. The Bertz CT molecular complexity index is 134. The van der Waals surface area contributed by atoms with Crippen LogP contribution in [0.2, 0.25) is 0 Å². The lowest BCUT2D eigenvalue weighted by Gasteiger charge is -2.39. The number of hydrogen-bond acceptors (Lipinski definition) is 2. The summed E-state index contributed by atoms with van der Waals surface area (Å²) in [4.78, 5) is 2.38. The standard InChI is InChI=1S/C7H12N2/c8-7-5-9-3-1-6(7)2-4-9/h6,8H,1-5H2. The molecule has 0 radical (unpaired) electrons. The van der Waals surface area contributed by atoms with E-state index in [0.29, 0.717) is 5.92 Å². The third kappa shape index (κ3) is 0.778. The smallest absolute Gasteiger partial charge is 0.0363 e. The Morgan fingerprint density at radius 1 is 1.33 bits per heavy atom. The molecule has 0 aromatic heterocycles. The van der Waals surface area contributed by atoms with Crippen LogP contribution in [0.1, 0.15) is 12.8 Å². The number of fused-ring (bicyclic) bond motifs is 3. The largest absolute Gasteiger partial charge is 0.308 e. The van der Waals surface area contributed by atoms with Crippen LogP contribution >= 0.6 is 0 Å². The summed E-state index contributed by atoms with van der Waals surface area (Å²) in [7, 11) is 0. The lowest BCUT2D eigenvalue weighted by molar-refractivity contribution is 0.199. The van der Waals surface area contributed by atoms with Gasteiger partial charge in [0, 0.05) is 18.2 Å². The van der Waals surface area contributed by atoms with Crippen LogP contribution in [0.4, 0.5) is 0 Å². The van der Waals surface area contributed by atoms with E-state index in [4.69, 9.17) is 5.41 Å². The Labute approximate surface area is 55.4 Å². The quantitative estimate of drug-likeness (QED) is 0.506. The van der Waals surface area contributed by atoms with E-state index < -0.39 is 0 Å². The molecule has 0 amide bonds. The highest BCUT2D eigenvalue weighted by atomic mass is 15.1. The number of hydrogen-bond donors (Lipinski definition) is 1. The van der Waals surface area contributed by atoms with Gasteiger partial charge in [-0.15, -0.1) is 0 Å². The summed E-state index contributed by atoms with van der Waals surface area (Å²) in [5.41, 5.74) is 0.979. The van der Waals surface area contributed by atoms with Gasteiger partial charge in [-0.1, -0.05) is 0 Å². The molecule has 2 bridgehead atoms. The second kappa shape index (κ2) is 1.81. The Morgan fingerprint density at radius 3 is 2.22 bits per heavy atom. The predicted octanol–water partition coefficient (Wildman–Crippen LogP) is 0.732. The average molecular weight is 124 g/mol. The fraction of sp³-hybridized carbons (Fsp3) is 0.857. The molecule has 3 aliphatic heterocycles. The Morgan fingerprint density at radius 2 is 2.00 bits per heavy atom. The molecule has 0 aromatic rings. The minimum Gasteiger partial charge on any atom is -0.308 e. The molecule has 0 saturated carbocycles. The van der Waals surface area contributed by atoms with Crippen LogP contribution in [0.5, 0.6) is 0 Å². The highest BCUT2D eigenvalue weighted by Gasteiger charge is 2.29. The molecular weight excluding hydrogens is 112 g/mol. The van der Waals surface area contributed by atoms with Crippen molar-refractivity contribution in [1.29, 1.82) is 5.41 Å². The highest BCUT2D eigenvalue weighted by Crippen LogP contribution is 2.23. The molecule has 9 heavy (non-hydrogen) atoms. The van der Waals surface area contributed by atoms with Crippen molar-refractivity contribution < 1.29 is 0 Å². The van der Waals surface area contributed by atoms with Crippen molar-refractivity contribution in [1.82, 2.24) is 4.90 Å². The maximum atomic E-state index is 7.53.